The Morgan fingerprint density at radius 1 is 1.33 bits per heavy atom. The minimum Gasteiger partial charge on any atom is -0.369 e. The number of hydrogen-bond acceptors (Lipinski definition) is 3. The van der Waals surface area contributed by atoms with E-state index in [0.29, 0.717) is 25.9 Å². The number of para-hydroxylation sites is 1. The van der Waals surface area contributed by atoms with Crippen LogP contribution in [0.25, 0.3) is 0 Å². The fourth-order valence-electron chi connectivity index (χ4n) is 2.54. The quantitative estimate of drug-likeness (QED) is 0.880. The maximum absolute atomic E-state index is 13.5. The lowest BCUT2D eigenvalue weighted by Crippen LogP contribution is -2.47. The molecule has 1 saturated heterocycles. The Balaban J connectivity index is 1.92. The van der Waals surface area contributed by atoms with Gasteiger partial charge in [0.05, 0.1) is 11.7 Å². The van der Waals surface area contributed by atoms with E-state index in [9.17, 15) is 14.0 Å². The standard InChI is InChI=1S/C15H20FN3O2/c1-10(19-8-6-11(7-9-19)14(17)20)15(21)18-13-5-3-2-4-12(13)16/h2-5,10-11H,6-9H2,1H3,(H2,17,20)(H,18,21)/t10-/m0/s1. The molecule has 6 heteroatoms. The first kappa shape index (κ1) is 15.4. The Kier molecular flexibility index (Phi) is 4.90. The number of nitrogens with two attached hydrogens (primary N) is 1. The normalized spacial score (nSPS) is 18.2. The number of likely N-dealkylation sites (tertiary alicyclic amines) is 1. The highest BCUT2D eigenvalue weighted by atomic mass is 19.1. The fraction of sp³-hybridized carbons (Fsp3) is 0.467. The van der Waals surface area contributed by atoms with E-state index in [1.165, 1.54) is 12.1 Å². The third kappa shape index (κ3) is 3.78. The first-order valence-electron chi connectivity index (χ1n) is 7.08. The van der Waals surface area contributed by atoms with E-state index in [-0.39, 0.29) is 29.5 Å². The number of anilines is 1. The summed E-state index contributed by atoms with van der Waals surface area (Å²) in [6.07, 6.45) is 1.32. The van der Waals surface area contributed by atoms with Crippen molar-refractivity contribution in [1.82, 2.24) is 4.90 Å². The van der Waals surface area contributed by atoms with Gasteiger partial charge in [0.2, 0.25) is 11.8 Å². The van der Waals surface area contributed by atoms with Gasteiger partial charge in [0.25, 0.3) is 0 Å². The summed E-state index contributed by atoms with van der Waals surface area (Å²) in [6.45, 7) is 3.06. The first-order valence-corrected chi connectivity index (χ1v) is 7.08. The second-order valence-electron chi connectivity index (χ2n) is 5.36. The molecule has 0 radical (unpaired) electrons. The van der Waals surface area contributed by atoms with E-state index in [4.69, 9.17) is 5.73 Å². The van der Waals surface area contributed by atoms with Gasteiger partial charge in [0, 0.05) is 5.92 Å². The highest BCUT2D eigenvalue weighted by Gasteiger charge is 2.28. The number of rotatable bonds is 4. The Morgan fingerprint density at radius 3 is 2.52 bits per heavy atom. The molecular weight excluding hydrogens is 273 g/mol. The van der Waals surface area contributed by atoms with Crippen molar-refractivity contribution in [1.29, 1.82) is 0 Å². The molecule has 2 amide bonds. The van der Waals surface area contributed by atoms with Crippen LogP contribution in [0.15, 0.2) is 24.3 Å². The SMILES string of the molecule is C[C@@H](C(=O)Nc1ccccc1F)N1CCC(C(N)=O)CC1. The lowest BCUT2D eigenvalue weighted by atomic mass is 9.95. The Morgan fingerprint density at radius 2 is 1.95 bits per heavy atom. The number of nitrogens with zero attached hydrogens (tertiary/aromatic N) is 1. The van der Waals surface area contributed by atoms with Crippen molar-refractivity contribution in [2.75, 3.05) is 18.4 Å². The highest BCUT2D eigenvalue weighted by Crippen LogP contribution is 2.20. The van der Waals surface area contributed by atoms with Crippen molar-refractivity contribution in [3.63, 3.8) is 0 Å². The Hall–Kier alpha value is -1.95. The summed E-state index contributed by atoms with van der Waals surface area (Å²) in [6, 6.07) is 5.70. The number of carbonyl (C=O) groups excluding carboxylic acids is 2. The Bertz CT molecular complexity index is 527. The zero-order chi connectivity index (χ0) is 15.4. The monoisotopic (exact) mass is 293 g/mol. The topological polar surface area (TPSA) is 75.4 Å². The number of amides is 2. The van der Waals surface area contributed by atoms with Crippen molar-refractivity contribution >= 4 is 17.5 Å². The predicted molar refractivity (Wildman–Crippen MR) is 78.0 cm³/mol. The molecule has 1 heterocycles. The zero-order valence-electron chi connectivity index (χ0n) is 12.0. The molecule has 1 aromatic rings. The predicted octanol–water partition coefficient (Wildman–Crippen LogP) is 1.35. The van der Waals surface area contributed by atoms with Crippen LogP contribution >= 0.6 is 0 Å². The van der Waals surface area contributed by atoms with E-state index in [2.05, 4.69) is 5.32 Å². The second-order valence-corrected chi connectivity index (χ2v) is 5.36. The summed E-state index contributed by atoms with van der Waals surface area (Å²) < 4.78 is 13.5. The summed E-state index contributed by atoms with van der Waals surface area (Å²) in [7, 11) is 0. The van der Waals surface area contributed by atoms with E-state index >= 15 is 0 Å². The molecule has 2 rings (SSSR count). The van der Waals surface area contributed by atoms with Crippen molar-refractivity contribution in [2.24, 2.45) is 11.7 Å². The Labute approximate surface area is 123 Å². The third-order valence-electron chi connectivity index (χ3n) is 3.99. The lowest BCUT2D eigenvalue weighted by molar-refractivity contribution is -0.124. The summed E-state index contributed by atoms with van der Waals surface area (Å²) in [5, 5.41) is 2.59. The van der Waals surface area contributed by atoms with E-state index in [1.54, 1.807) is 19.1 Å². The molecule has 1 aliphatic rings. The van der Waals surface area contributed by atoms with Crippen LogP contribution in [0.3, 0.4) is 0 Å². The smallest absolute Gasteiger partial charge is 0.241 e. The minimum atomic E-state index is -0.453. The van der Waals surface area contributed by atoms with Crippen LogP contribution in [0.2, 0.25) is 0 Å². The average molecular weight is 293 g/mol. The highest BCUT2D eigenvalue weighted by molar-refractivity contribution is 5.94. The van der Waals surface area contributed by atoms with Gasteiger partial charge in [-0.3, -0.25) is 14.5 Å². The summed E-state index contributed by atoms with van der Waals surface area (Å²) >= 11 is 0. The van der Waals surface area contributed by atoms with Crippen LogP contribution in [0, 0.1) is 11.7 Å². The largest absolute Gasteiger partial charge is 0.369 e. The van der Waals surface area contributed by atoms with Crippen LogP contribution in [0.5, 0.6) is 0 Å². The van der Waals surface area contributed by atoms with E-state index < -0.39 is 5.82 Å². The zero-order valence-corrected chi connectivity index (χ0v) is 12.0. The summed E-state index contributed by atoms with van der Waals surface area (Å²) in [4.78, 5) is 25.3. The molecule has 3 N–H and O–H groups in total. The van der Waals surface area contributed by atoms with Crippen molar-refractivity contribution in [3.05, 3.63) is 30.1 Å². The third-order valence-corrected chi connectivity index (χ3v) is 3.99. The van der Waals surface area contributed by atoms with E-state index in [0.717, 1.165) is 0 Å². The van der Waals surface area contributed by atoms with Gasteiger partial charge >= 0.3 is 0 Å². The van der Waals surface area contributed by atoms with Gasteiger partial charge in [0.15, 0.2) is 0 Å². The van der Waals surface area contributed by atoms with Crippen LogP contribution in [-0.2, 0) is 9.59 Å². The number of piperidine rings is 1. The van der Waals surface area contributed by atoms with Crippen LogP contribution in [0.1, 0.15) is 19.8 Å². The maximum Gasteiger partial charge on any atom is 0.241 e. The molecular formula is C15H20FN3O2. The van der Waals surface area contributed by atoms with Gasteiger partial charge in [-0.2, -0.15) is 0 Å². The molecule has 0 saturated carbocycles. The fourth-order valence-corrected chi connectivity index (χ4v) is 2.54. The molecule has 5 nitrogen and oxygen atoms in total. The van der Waals surface area contributed by atoms with Crippen LogP contribution in [-0.4, -0.2) is 35.8 Å². The molecule has 0 spiro atoms. The number of halogens is 1. The summed E-state index contributed by atoms with van der Waals surface area (Å²) in [5.41, 5.74) is 5.47. The van der Waals surface area contributed by atoms with Gasteiger partial charge in [0.1, 0.15) is 5.82 Å². The molecule has 0 unspecified atom stereocenters. The minimum absolute atomic E-state index is 0.108. The number of nitrogens with one attached hydrogen (secondary N) is 1. The molecule has 0 aliphatic carbocycles. The van der Waals surface area contributed by atoms with Crippen molar-refractivity contribution < 1.29 is 14.0 Å². The first-order chi connectivity index (χ1) is 9.99. The molecule has 0 bridgehead atoms. The molecule has 0 aromatic heterocycles. The molecule has 114 valence electrons. The maximum atomic E-state index is 13.5. The van der Waals surface area contributed by atoms with Gasteiger partial charge in [-0.15, -0.1) is 0 Å². The van der Waals surface area contributed by atoms with E-state index in [1.807, 2.05) is 4.90 Å². The van der Waals surface area contributed by atoms with Gasteiger partial charge < -0.3 is 11.1 Å². The van der Waals surface area contributed by atoms with Crippen molar-refractivity contribution in [3.8, 4) is 0 Å². The van der Waals surface area contributed by atoms with Gasteiger partial charge in [-0.05, 0) is 45.0 Å². The molecule has 21 heavy (non-hydrogen) atoms. The van der Waals surface area contributed by atoms with Crippen molar-refractivity contribution in [2.45, 2.75) is 25.8 Å². The lowest BCUT2D eigenvalue weighted by Gasteiger charge is -2.34. The molecule has 1 fully saturated rings. The van der Waals surface area contributed by atoms with Crippen LogP contribution in [0.4, 0.5) is 10.1 Å². The number of hydrogen-bond donors (Lipinski definition) is 2. The molecule has 1 aliphatic heterocycles. The number of carbonyl (C=O) groups is 2. The molecule has 1 atom stereocenters. The average Bonchev–Trinajstić information content (AvgIpc) is 2.49. The molecule has 1 aromatic carbocycles. The van der Waals surface area contributed by atoms with Crippen LogP contribution < -0.4 is 11.1 Å². The number of primary amides is 1. The second kappa shape index (κ2) is 6.67. The van der Waals surface area contributed by atoms with Gasteiger partial charge in [-0.25, -0.2) is 4.39 Å². The summed E-state index contributed by atoms with van der Waals surface area (Å²) in [5.74, 6) is -1.09. The number of benzene rings is 1. The van der Waals surface area contributed by atoms with Gasteiger partial charge in [-0.1, -0.05) is 12.1 Å².